The van der Waals surface area contributed by atoms with Crippen LogP contribution in [-0.4, -0.2) is 37.0 Å². The van der Waals surface area contributed by atoms with Gasteiger partial charge in [-0.2, -0.15) is 0 Å². The standard InChI is InChI=1S/C12H8F2N2O4/c13-5-1-7-9(8(14)2-5)16(11(18)10(7)17)4-6-3-15-12(19)20-6/h1-2,6H,3-4H2,(H,15,19). The predicted molar refractivity (Wildman–Crippen MR) is 61.3 cm³/mol. The van der Waals surface area contributed by atoms with Crippen LogP contribution in [0.25, 0.3) is 0 Å². The van der Waals surface area contributed by atoms with Crippen LogP contribution in [0.5, 0.6) is 0 Å². The van der Waals surface area contributed by atoms with Crippen molar-refractivity contribution in [2.24, 2.45) is 0 Å². The average molecular weight is 282 g/mol. The topological polar surface area (TPSA) is 75.7 Å². The van der Waals surface area contributed by atoms with Gasteiger partial charge < -0.3 is 10.1 Å². The van der Waals surface area contributed by atoms with Gasteiger partial charge in [-0.3, -0.25) is 14.5 Å². The third-order valence-corrected chi connectivity index (χ3v) is 3.12. The van der Waals surface area contributed by atoms with Gasteiger partial charge in [0, 0.05) is 6.07 Å². The SMILES string of the molecule is O=C1NCC(CN2C(=O)C(=O)c3cc(F)cc(F)c32)O1. The molecule has 1 unspecified atom stereocenters. The number of anilines is 1. The van der Waals surface area contributed by atoms with Crippen LogP contribution in [0.2, 0.25) is 0 Å². The number of benzene rings is 1. The lowest BCUT2D eigenvalue weighted by Crippen LogP contribution is -2.38. The third kappa shape index (κ3) is 1.80. The Kier molecular flexibility index (Phi) is 2.66. The zero-order chi connectivity index (χ0) is 14.4. The van der Waals surface area contributed by atoms with Crippen LogP contribution in [-0.2, 0) is 9.53 Å². The molecule has 0 aliphatic carbocycles. The van der Waals surface area contributed by atoms with Crippen LogP contribution in [0.3, 0.4) is 0 Å². The van der Waals surface area contributed by atoms with Gasteiger partial charge in [0.25, 0.3) is 11.7 Å². The first-order chi connectivity index (χ1) is 9.47. The second kappa shape index (κ2) is 4.26. The maximum atomic E-state index is 13.8. The molecule has 20 heavy (non-hydrogen) atoms. The van der Waals surface area contributed by atoms with E-state index in [1.54, 1.807) is 0 Å². The first kappa shape index (κ1) is 12.5. The predicted octanol–water partition coefficient (Wildman–Crippen LogP) is 0.602. The smallest absolute Gasteiger partial charge is 0.407 e. The summed E-state index contributed by atoms with van der Waals surface area (Å²) in [6.45, 7) is -0.0200. The Morgan fingerprint density at radius 1 is 1.30 bits per heavy atom. The summed E-state index contributed by atoms with van der Waals surface area (Å²) in [7, 11) is 0. The lowest BCUT2D eigenvalue weighted by Gasteiger charge is -2.19. The number of ketones is 1. The van der Waals surface area contributed by atoms with Gasteiger partial charge in [-0.1, -0.05) is 0 Å². The van der Waals surface area contributed by atoms with Gasteiger partial charge in [-0.05, 0) is 6.07 Å². The summed E-state index contributed by atoms with van der Waals surface area (Å²) >= 11 is 0. The highest BCUT2D eigenvalue weighted by atomic mass is 19.1. The zero-order valence-electron chi connectivity index (χ0n) is 9.98. The van der Waals surface area contributed by atoms with Gasteiger partial charge in [0.15, 0.2) is 5.82 Å². The van der Waals surface area contributed by atoms with E-state index in [1.165, 1.54) is 0 Å². The number of nitrogens with one attached hydrogen (secondary N) is 1. The van der Waals surface area contributed by atoms with E-state index in [1.807, 2.05) is 0 Å². The van der Waals surface area contributed by atoms with Gasteiger partial charge in [0.2, 0.25) is 0 Å². The molecule has 2 aliphatic rings. The quantitative estimate of drug-likeness (QED) is 0.806. The molecule has 0 saturated carbocycles. The van der Waals surface area contributed by atoms with Crippen molar-refractivity contribution in [3.63, 3.8) is 0 Å². The van der Waals surface area contributed by atoms with Crippen molar-refractivity contribution in [2.75, 3.05) is 18.0 Å². The van der Waals surface area contributed by atoms with E-state index in [2.05, 4.69) is 5.32 Å². The van der Waals surface area contributed by atoms with Crippen molar-refractivity contribution in [1.29, 1.82) is 0 Å². The van der Waals surface area contributed by atoms with Crippen molar-refractivity contribution in [3.05, 3.63) is 29.3 Å². The van der Waals surface area contributed by atoms with Gasteiger partial charge in [-0.25, -0.2) is 13.6 Å². The van der Waals surface area contributed by atoms with Crippen molar-refractivity contribution in [3.8, 4) is 0 Å². The third-order valence-electron chi connectivity index (χ3n) is 3.12. The number of cyclic esters (lactones) is 1. The van der Waals surface area contributed by atoms with Gasteiger partial charge in [0.05, 0.1) is 24.3 Å². The summed E-state index contributed by atoms with van der Waals surface area (Å²) in [5.74, 6) is -3.88. The number of amides is 2. The molecule has 8 heteroatoms. The minimum absolute atomic E-state index is 0.148. The molecule has 0 radical (unpaired) electrons. The van der Waals surface area contributed by atoms with Crippen LogP contribution in [0.4, 0.5) is 19.3 Å². The fourth-order valence-electron chi connectivity index (χ4n) is 2.26. The van der Waals surface area contributed by atoms with Crippen LogP contribution in [0.1, 0.15) is 10.4 Å². The average Bonchev–Trinajstić information content (AvgIpc) is 2.88. The number of hydrogen-bond donors (Lipinski definition) is 1. The maximum absolute atomic E-state index is 13.8. The first-order valence-electron chi connectivity index (χ1n) is 5.77. The molecule has 2 amide bonds. The fraction of sp³-hybridized carbons (Fsp3) is 0.250. The lowest BCUT2D eigenvalue weighted by atomic mass is 10.1. The molecule has 1 atom stereocenters. The molecule has 1 saturated heterocycles. The molecule has 1 N–H and O–H groups in total. The van der Waals surface area contributed by atoms with Crippen LogP contribution >= 0.6 is 0 Å². The fourth-order valence-corrected chi connectivity index (χ4v) is 2.26. The summed E-state index contributed by atoms with van der Waals surface area (Å²) in [4.78, 5) is 35.3. The highest BCUT2D eigenvalue weighted by Crippen LogP contribution is 2.33. The molecule has 3 rings (SSSR count). The summed E-state index contributed by atoms with van der Waals surface area (Å²) in [5.41, 5.74) is -0.589. The van der Waals surface area contributed by atoms with E-state index in [9.17, 15) is 23.2 Å². The largest absolute Gasteiger partial charge is 0.442 e. The Bertz CT molecular complexity index is 647. The van der Waals surface area contributed by atoms with E-state index in [0.717, 1.165) is 11.0 Å². The number of carbonyl (C=O) groups is 3. The van der Waals surface area contributed by atoms with Crippen molar-refractivity contribution < 1.29 is 27.9 Å². The van der Waals surface area contributed by atoms with Crippen molar-refractivity contribution in [1.82, 2.24) is 5.32 Å². The Morgan fingerprint density at radius 2 is 2.05 bits per heavy atom. The molecule has 1 fully saturated rings. The molecule has 6 nitrogen and oxygen atoms in total. The Balaban J connectivity index is 1.96. The van der Waals surface area contributed by atoms with E-state index in [-0.39, 0.29) is 24.3 Å². The van der Waals surface area contributed by atoms with Gasteiger partial charge in [0.1, 0.15) is 11.9 Å². The summed E-state index contributed by atoms with van der Waals surface area (Å²) in [6.07, 6.45) is -1.33. The number of rotatable bonds is 2. The summed E-state index contributed by atoms with van der Waals surface area (Å²) in [5, 5.41) is 2.38. The molecule has 2 heterocycles. The highest BCUT2D eigenvalue weighted by molar-refractivity contribution is 6.52. The molecule has 2 aliphatic heterocycles. The molecule has 0 spiro atoms. The molecular formula is C12H8F2N2O4. The van der Waals surface area contributed by atoms with E-state index < -0.39 is 35.5 Å². The monoisotopic (exact) mass is 282 g/mol. The molecule has 0 bridgehead atoms. The molecule has 1 aromatic rings. The number of Topliss-reactive ketones (excluding diaryl/α,β-unsaturated/α-hetero) is 1. The van der Waals surface area contributed by atoms with Crippen molar-refractivity contribution >= 4 is 23.5 Å². The number of fused-ring (bicyclic) bond motifs is 1. The molecular weight excluding hydrogens is 274 g/mol. The molecule has 0 aromatic heterocycles. The number of ether oxygens (including phenoxy) is 1. The number of halogens is 2. The van der Waals surface area contributed by atoms with Gasteiger partial charge >= 0.3 is 6.09 Å². The van der Waals surface area contributed by atoms with Gasteiger partial charge in [-0.15, -0.1) is 0 Å². The highest BCUT2D eigenvalue weighted by Gasteiger charge is 2.41. The van der Waals surface area contributed by atoms with Crippen LogP contribution in [0, 0.1) is 11.6 Å². The number of alkyl carbamates (subject to hydrolysis) is 1. The van der Waals surface area contributed by atoms with Crippen molar-refractivity contribution in [2.45, 2.75) is 6.10 Å². The summed E-state index contributed by atoms with van der Waals surface area (Å²) < 4.78 is 31.7. The first-order valence-corrected chi connectivity index (χ1v) is 5.77. The zero-order valence-corrected chi connectivity index (χ0v) is 9.98. The minimum Gasteiger partial charge on any atom is -0.442 e. The maximum Gasteiger partial charge on any atom is 0.407 e. The van der Waals surface area contributed by atoms with E-state index >= 15 is 0 Å². The summed E-state index contributed by atoms with van der Waals surface area (Å²) in [6, 6.07) is 1.41. The van der Waals surface area contributed by atoms with E-state index in [4.69, 9.17) is 4.74 Å². The van der Waals surface area contributed by atoms with Crippen LogP contribution < -0.4 is 10.2 Å². The van der Waals surface area contributed by atoms with E-state index in [0.29, 0.717) is 6.07 Å². The molecule has 1 aromatic carbocycles. The molecule has 104 valence electrons. The number of hydrogen-bond acceptors (Lipinski definition) is 4. The Morgan fingerprint density at radius 3 is 2.70 bits per heavy atom. The lowest BCUT2D eigenvalue weighted by molar-refractivity contribution is -0.114. The van der Waals surface area contributed by atoms with Crippen LogP contribution in [0.15, 0.2) is 12.1 Å². The Hall–Kier alpha value is -2.51. The number of nitrogens with zero attached hydrogens (tertiary/aromatic N) is 1. The second-order valence-electron chi connectivity index (χ2n) is 4.44. The normalized spacial score (nSPS) is 21.0. The number of carbonyl (C=O) groups excluding carboxylic acids is 3. The Labute approximate surface area is 111 Å². The second-order valence-corrected chi connectivity index (χ2v) is 4.44. The minimum atomic E-state index is -1.00.